The molecule has 1 fully saturated rings. The molecular weight excluding hydrogens is 381 g/mol. The third-order valence-corrected chi connectivity index (χ3v) is 5.21. The third-order valence-electron chi connectivity index (χ3n) is 4.67. The molecule has 1 aliphatic heterocycles. The fraction of sp³-hybridized carbons (Fsp3) is 0.250. The fourth-order valence-electron chi connectivity index (χ4n) is 3.27. The molecule has 0 bridgehead atoms. The monoisotopic (exact) mass is 399 g/mol. The molecule has 0 aliphatic carbocycles. The van der Waals surface area contributed by atoms with Gasteiger partial charge in [0.1, 0.15) is 11.5 Å². The first-order valence-electron chi connectivity index (χ1n) is 8.82. The van der Waals surface area contributed by atoms with Gasteiger partial charge in [-0.05, 0) is 30.7 Å². The minimum atomic E-state index is 0.553. The van der Waals surface area contributed by atoms with Gasteiger partial charge in [0.2, 0.25) is 0 Å². The Kier molecular flexibility index (Phi) is 5.25. The van der Waals surface area contributed by atoms with Gasteiger partial charge in [0.05, 0.1) is 16.9 Å². The van der Waals surface area contributed by atoms with Gasteiger partial charge in [-0.1, -0.05) is 29.3 Å². The lowest BCUT2D eigenvalue weighted by atomic mass is 10.0. The topological polar surface area (TPSA) is 53.9 Å². The zero-order valence-corrected chi connectivity index (χ0v) is 16.4. The minimum Gasteiger partial charge on any atom is -0.353 e. The van der Waals surface area contributed by atoms with Crippen LogP contribution in [0.2, 0.25) is 10.0 Å². The van der Waals surface area contributed by atoms with E-state index in [4.69, 9.17) is 33.2 Å². The Morgan fingerprint density at radius 1 is 1.00 bits per heavy atom. The number of aryl methyl sites for hydroxylation is 1. The van der Waals surface area contributed by atoms with Gasteiger partial charge in [-0.25, -0.2) is 4.98 Å². The molecule has 4 rings (SSSR count). The highest BCUT2D eigenvalue weighted by molar-refractivity contribution is 6.33. The molecular formula is C20H19Cl2N5. The number of halogens is 2. The molecule has 0 unspecified atom stereocenters. The number of benzene rings is 1. The van der Waals surface area contributed by atoms with Gasteiger partial charge in [0.25, 0.3) is 0 Å². The van der Waals surface area contributed by atoms with Crippen molar-refractivity contribution >= 4 is 29.0 Å². The summed E-state index contributed by atoms with van der Waals surface area (Å²) in [6.45, 7) is 5.69. The lowest BCUT2D eigenvalue weighted by molar-refractivity contribution is 0.584. The molecule has 0 radical (unpaired) electrons. The first-order valence-corrected chi connectivity index (χ1v) is 9.58. The SMILES string of the molecule is Cc1cc(Cl)ccc1-c1ncc(N2CCNCC2)nc1-c1ccncc1Cl. The van der Waals surface area contributed by atoms with Crippen LogP contribution in [0, 0.1) is 6.92 Å². The van der Waals surface area contributed by atoms with E-state index in [1.165, 1.54) is 0 Å². The summed E-state index contributed by atoms with van der Waals surface area (Å²) in [4.78, 5) is 16.1. The van der Waals surface area contributed by atoms with E-state index in [1.807, 2.05) is 37.4 Å². The van der Waals surface area contributed by atoms with Crippen molar-refractivity contribution in [1.82, 2.24) is 20.3 Å². The molecule has 1 aliphatic rings. The minimum absolute atomic E-state index is 0.553. The molecule has 138 valence electrons. The van der Waals surface area contributed by atoms with E-state index in [9.17, 15) is 0 Å². The average molecular weight is 400 g/mol. The van der Waals surface area contributed by atoms with Gasteiger partial charge in [0.15, 0.2) is 0 Å². The van der Waals surface area contributed by atoms with Crippen molar-refractivity contribution < 1.29 is 0 Å². The van der Waals surface area contributed by atoms with Gasteiger partial charge < -0.3 is 10.2 Å². The van der Waals surface area contributed by atoms with E-state index in [0.717, 1.165) is 60.1 Å². The van der Waals surface area contributed by atoms with Gasteiger partial charge in [0, 0.05) is 54.7 Å². The van der Waals surface area contributed by atoms with Crippen LogP contribution in [0.15, 0.2) is 42.9 Å². The highest BCUT2D eigenvalue weighted by Crippen LogP contribution is 2.36. The van der Waals surface area contributed by atoms with Crippen LogP contribution in [0.3, 0.4) is 0 Å². The van der Waals surface area contributed by atoms with Crippen LogP contribution in [0.4, 0.5) is 5.82 Å². The summed E-state index contributed by atoms with van der Waals surface area (Å²) >= 11 is 12.6. The predicted molar refractivity (Wildman–Crippen MR) is 111 cm³/mol. The number of rotatable bonds is 3. The van der Waals surface area contributed by atoms with Crippen LogP contribution in [-0.2, 0) is 0 Å². The van der Waals surface area contributed by atoms with Crippen molar-refractivity contribution in [2.24, 2.45) is 0 Å². The zero-order chi connectivity index (χ0) is 18.8. The smallest absolute Gasteiger partial charge is 0.147 e. The molecule has 0 atom stereocenters. The summed E-state index contributed by atoms with van der Waals surface area (Å²) < 4.78 is 0. The molecule has 1 saturated heterocycles. The summed E-state index contributed by atoms with van der Waals surface area (Å²) in [7, 11) is 0. The van der Waals surface area contributed by atoms with Crippen molar-refractivity contribution in [2.45, 2.75) is 6.92 Å². The molecule has 2 aromatic heterocycles. The summed E-state index contributed by atoms with van der Waals surface area (Å²) in [5.41, 5.74) is 4.39. The number of piperazine rings is 1. The number of aromatic nitrogens is 3. The molecule has 27 heavy (non-hydrogen) atoms. The summed E-state index contributed by atoms with van der Waals surface area (Å²) in [6, 6.07) is 7.65. The number of pyridine rings is 1. The fourth-order valence-corrected chi connectivity index (χ4v) is 3.71. The highest BCUT2D eigenvalue weighted by Gasteiger charge is 2.19. The standard InChI is InChI=1S/C20H19Cl2N5/c1-13-10-14(21)2-3-15(13)19-20(16-4-5-24-11-17(16)22)26-18(12-25-19)27-8-6-23-7-9-27/h2-5,10-12,23H,6-9H2,1H3. The van der Waals surface area contributed by atoms with E-state index in [2.05, 4.69) is 15.2 Å². The van der Waals surface area contributed by atoms with Gasteiger partial charge in [-0.2, -0.15) is 0 Å². The largest absolute Gasteiger partial charge is 0.353 e. The number of nitrogens with one attached hydrogen (secondary N) is 1. The van der Waals surface area contributed by atoms with Crippen LogP contribution in [-0.4, -0.2) is 41.1 Å². The van der Waals surface area contributed by atoms with E-state index in [1.54, 1.807) is 12.4 Å². The molecule has 0 spiro atoms. The van der Waals surface area contributed by atoms with Crippen LogP contribution in [0.5, 0.6) is 0 Å². The maximum Gasteiger partial charge on any atom is 0.147 e. The molecule has 3 heterocycles. The van der Waals surface area contributed by atoms with Gasteiger partial charge in [-0.15, -0.1) is 0 Å². The molecule has 0 amide bonds. The van der Waals surface area contributed by atoms with E-state index in [0.29, 0.717) is 10.0 Å². The van der Waals surface area contributed by atoms with Crippen molar-refractivity contribution in [3.8, 4) is 22.5 Å². The Labute approximate surface area is 168 Å². The Morgan fingerprint density at radius 3 is 2.56 bits per heavy atom. The Balaban J connectivity index is 1.89. The number of hydrogen-bond acceptors (Lipinski definition) is 5. The predicted octanol–water partition coefficient (Wildman–Crippen LogP) is 4.23. The molecule has 1 N–H and O–H groups in total. The first-order chi connectivity index (χ1) is 13.1. The Morgan fingerprint density at radius 2 is 1.81 bits per heavy atom. The second-order valence-electron chi connectivity index (χ2n) is 6.48. The molecule has 3 aromatic rings. The maximum absolute atomic E-state index is 6.45. The normalized spacial score (nSPS) is 14.4. The van der Waals surface area contributed by atoms with Crippen LogP contribution in [0.25, 0.3) is 22.5 Å². The summed E-state index contributed by atoms with van der Waals surface area (Å²) in [5, 5.41) is 4.61. The quantitative estimate of drug-likeness (QED) is 0.713. The third kappa shape index (κ3) is 3.76. The van der Waals surface area contributed by atoms with Gasteiger partial charge in [-0.3, -0.25) is 9.97 Å². The zero-order valence-electron chi connectivity index (χ0n) is 14.9. The van der Waals surface area contributed by atoms with E-state index in [-0.39, 0.29) is 0 Å². The number of anilines is 1. The highest BCUT2D eigenvalue weighted by atomic mass is 35.5. The van der Waals surface area contributed by atoms with Crippen molar-refractivity contribution in [1.29, 1.82) is 0 Å². The van der Waals surface area contributed by atoms with Crippen molar-refractivity contribution in [3.63, 3.8) is 0 Å². The lowest BCUT2D eigenvalue weighted by Crippen LogP contribution is -2.44. The van der Waals surface area contributed by atoms with Crippen molar-refractivity contribution in [3.05, 3.63) is 58.5 Å². The van der Waals surface area contributed by atoms with E-state index >= 15 is 0 Å². The van der Waals surface area contributed by atoms with Gasteiger partial charge >= 0.3 is 0 Å². The molecule has 1 aromatic carbocycles. The van der Waals surface area contributed by atoms with Crippen LogP contribution >= 0.6 is 23.2 Å². The van der Waals surface area contributed by atoms with Crippen molar-refractivity contribution in [2.75, 3.05) is 31.1 Å². The number of nitrogens with zero attached hydrogens (tertiary/aromatic N) is 4. The second kappa shape index (κ2) is 7.80. The lowest BCUT2D eigenvalue weighted by Gasteiger charge is -2.28. The second-order valence-corrected chi connectivity index (χ2v) is 7.32. The molecule has 0 saturated carbocycles. The maximum atomic E-state index is 6.45. The summed E-state index contributed by atoms with van der Waals surface area (Å²) in [6.07, 6.45) is 5.20. The first kappa shape index (κ1) is 18.2. The van der Waals surface area contributed by atoms with Crippen LogP contribution < -0.4 is 10.2 Å². The Bertz CT molecular complexity index is 970. The average Bonchev–Trinajstić information content (AvgIpc) is 2.69. The number of hydrogen-bond donors (Lipinski definition) is 1. The summed E-state index contributed by atoms with van der Waals surface area (Å²) in [5.74, 6) is 0.856. The Hall–Kier alpha value is -2.21. The van der Waals surface area contributed by atoms with Crippen LogP contribution in [0.1, 0.15) is 5.56 Å². The van der Waals surface area contributed by atoms with E-state index < -0.39 is 0 Å². The molecule has 5 nitrogen and oxygen atoms in total. The molecule has 7 heteroatoms.